The van der Waals surface area contributed by atoms with Crippen LogP contribution in [0.25, 0.3) is 22.2 Å². The second-order valence-electron chi connectivity index (χ2n) is 25.8. The Morgan fingerprint density at radius 1 is 0.626 bits per heavy atom. The average molecular weight is 1410 g/mol. The van der Waals surface area contributed by atoms with Gasteiger partial charge >= 0.3 is 18.0 Å². The number of hydrogen-bond acceptors (Lipinski definition) is 19. The van der Waals surface area contributed by atoms with Crippen LogP contribution in [-0.2, 0) is 67.8 Å². The van der Waals surface area contributed by atoms with E-state index in [-0.39, 0.29) is 77.2 Å². The zero-order valence-corrected chi connectivity index (χ0v) is 58.7. The molecule has 0 radical (unpaired) electrons. The van der Waals surface area contributed by atoms with E-state index in [1.165, 1.54) is 67.7 Å². The van der Waals surface area contributed by atoms with E-state index < -0.39 is 84.5 Å². The van der Waals surface area contributed by atoms with E-state index in [9.17, 15) is 55.2 Å². The second kappa shape index (κ2) is 35.0. The Hall–Kier alpha value is -9.21. The smallest absolute Gasteiger partial charge is 0.411 e. The normalized spacial score (nSPS) is 19.2. The Morgan fingerprint density at radius 2 is 1.12 bits per heavy atom. The van der Waals surface area contributed by atoms with Crippen molar-refractivity contribution in [1.29, 1.82) is 0 Å². The molecule has 99 heavy (non-hydrogen) atoms. The third-order valence-corrected chi connectivity index (χ3v) is 20.0. The van der Waals surface area contributed by atoms with Gasteiger partial charge in [-0.25, -0.2) is 36.1 Å². The first kappa shape index (κ1) is 77.1. The summed E-state index contributed by atoms with van der Waals surface area (Å²) in [7, 11) is -4.52. The average Bonchev–Trinajstić information content (AvgIpc) is 1.59. The van der Waals surface area contributed by atoms with Gasteiger partial charge in [-0.15, -0.1) is 13.2 Å². The Labute approximate surface area is 579 Å². The molecule has 0 unspecified atom stereocenters. The number of carbonyl (C=O) groups is 8. The lowest BCUT2D eigenvalue weighted by Crippen LogP contribution is -2.56. The van der Waals surface area contributed by atoms with Crippen LogP contribution in [0.3, 0.4) is 0 Å². The number of nitrogens with one attached hydrogen (secondary N) is 5. The maximum absolute atomic E-state index is 14.4. The Kier molecular flexibility index (Phi) is 27.3. The number of aromatic nitrogens is 1. The topological polar surface area (TPSA) is 353 Å². The number of esters is 2. The predicted molar refractivity (Wildman–Crippen MR) is 373 cm³/mol. The van der Waals surface area contributed by atoms with Gasteiger partial charge in [-0.3, -0.25) is 38.5 Å². The van der Waals surface area contributed by atoms with Crippen LogP contribution < -0.4 is 40.6 Å². The lowest BCUT2D eigenvalue weighted by Gasteiger charge is -2.29. The summed E-state index contributed by atoms with van der Waals surface area (Å²) in [6, 6.07) is 27.2. The molecule has 1 aliphatic heterocycles. The molecule has 0 spiro atoms. The lowest BCUT2D eigenvalue weighted by atomic mass is 10.1. The third-order valence-electron chi connectivity index (χ3n) is 17.2. The quantitative estimate of drug-likeness (QED) is 0.00964. The van der Waals surface area contributed by atoms with Gasteiger partial charge in [0, 0.05) is 67.0 Å². The molecule has 3 aliphatic rings. The highest BCUT2D eigenvalue weighted by Crippen LogP contribution is 2.46. The van der Waals surface area contributed by atoms with Crippen LogP contribution in [0.1, 0.15) is 143 Å². The van der Waals surface area contributed by atoms with Crippen molar-refractivity contribution in [1.82, 2.24) is 24.6 Å². The molecule has 2 aliphatic carbocycles. The van der Waals surface area contributed by atoms with Crippen LogP contribution >= 0.6 is 0 Å². The number of fused-ring (bicyclic) bond motifs is 1. The molecular formula is C72H92N8O17S2. The summed E-state index contributed by atoms with van der Waals surface area (Å²) in [5, 5.41) is 8.75. The highest BCUT2D eigenvalue weighted by Gasteiger charge is 2.62. The first-order valence-electron chi connectivity index (χ1n) is 33.2. The minimum Gasteiger partial charge on any atom is -0.497 e. The highest BCUT2D eigenvalue weighted by atomic mass is 32.2. The fraction of sp³-hybridized carbons (Fsp3) is 0.458. The number of carbonyl (C=O) groups excluding carboxylic acids is 8. The number of amides is 6. The zero-order chi connectivity index (χ0) is 72.1. The molecule has 2 heterocycles. The van der Waals surface area contributed by atoms with E-state index >= 15 is 0 Å². The molecule has 0 bridgehead atoms. The summed E-state index contributed by atoms with van der Waals surface area (Å²) in [4.78, 5) is 108. The van der Waals surface area contributed by atoms with Crippen LogP contribution in [0.2, 0.25) is 0 Å². The fourth-order valence-corrected chi connectivity index (χ4v) is 13.9. The molecule has 7 N–H and O–H groups in total. The molecule has 4 aromatic carbocycles. The Balaban J connectivity index is 0.000000350. The van der Waals surface area contributed by atoms with E-state index in [0.29, 0.717) is 60.2 Å². The van der Waals surface area contributed by atoms with Gasteiger partial charge < -0.3 is 45.4 Å². The van der Waals surface area contributed by atoms with Crippen molar-refractivity contribution in [3.05, 3.63) is 128 Å². The number of rotatable bonds is 34. The van der Waals surface area contributed by atoms with E-state index in [1.54, 1.807) is 58.2 Å². The molecule has 1 saturated heterocycles. The standard InChI is InChI=1S/C49H59N5O11S.C23H33N3O6S/c1-7-33-30-49(33,46(58)53-66(60,61)42-22-18-17-21-37(42)51-43(55)23-15-10-8-9-11-16-24-44(56)63-6)52-45(57)40-28-35(31-54(40)47(59)65-48(2,3)4)64-41-29-38(32-19-13-12-14-20-32)50-39-27-34(62-5)25-26-36(39)41;1-3-17-16-23(17,24)22(29)26-33(30,31)19-13-11-10-12-18(19)25-20(27)14-8-6-4-5-7-9-15-21(28)32-2/h7,12-14,17-22,25-27,29,33,35,40H,1,8-11,15-16,23-24,28,30-31H2,2-6H3,(H,51,55)(H,52,57)(H,53,58);3,10-13,17H,1,4-9,14-16,24H2,2H3,(H,25,27)(H,26,29)/t33-,35-,40+,49-;17-,23-/m11/s1. The first-order valence-corrected chi connectivity index (χ1v) is 36.2. The molecule has 6 amide bonds. The number of para-hydroxylation sites is 2. The van der Waals surface area contributed by atoms with Crippen LogP contribution in [0.15, 0.2) is 138 Å². The molecule has 25 nitrogen and oxygen atoms in total. The number of unbranched alkanes of at least 4 members (excludes halogenated alkanes) is 10. The lowest BCUT2D eigenvalue weighted by molar-refractivity contribution is -0.141. The number of benzene rings is 4. The number of nitrogens with zero attached hydrogens (tertiary/aromatic N) is 2. The van der Waals surface area contributed by atoms with Crippen LogP contribution in [-0.4, -0.2) is 131 Å². The molecule has 27 heteroatoms. The van der Waals surface area contributed by atoms with Crippen LogP contribution in [0.4, 0.5) is 16.2 Å². The van der Waals surface area contributed by atoms with Crippen molar-refractivity contribution in [2.24, 2.45) is 17.6 Å². The maximum Gasteiger partial charge on any atom is 0.411 e. The van der Waals surface area contributed by atoms with Gasteiger partial charge in [0.1, 0.15) is 50.1 Å². The Bertz CT molecular complexity index is 3980. The van der Waals surface area contributed by atoms with Gasteiger partial charge in [0.25, 0.3) is 31.9 Å². The monoisotopic (exact) mass is 1400 g/mol. The molecule has 2 saturated carbocycles. The summed E-state index contributed by atoms with van der Waals surface area (Å²) in [6.07, 6.45) is 12.9. The second-order valence-corrected chi connectivity index (χ2v) is 29.1. The van der Waals surface area contributed by atoms with E-state index in [2.05, 4.69) is 43.3 Å². The van der Waals surface area contributed by atoms with E-state index in [4.69, 9.17) is 24.9 Å². The number of nitrogens with two attached hydrogens (primary N) is 1. The first-order chi connectivity index (χ1) is 47.1. The van der Waals surface area contributed by atoms with Gasteiger partial charge in [0.15, 0.2) is 0 Å². The van der Waals surface area contributed by atoms with Crippen molar-refractivity contribution < 1.29 is 78.9 Å². The van der Waals surface area contributed by atoms with Gasteiger partial charge in [-0.1, -0.05) is 118 Å². The maximum atomic E-state index is 14.4. The summed E-state index contributed by atoms with van der Waals surface area (Å²) in [5.41, 5.74) is 4.21. The van der Waals surface area contributed by atoms with Gasteiger partial charge in [-0.05, 0) is 95.7 Å². The predicted octanol–water partition coefficient (Wildman–Crippen LogP) is 10.1. The zero-order valence-electron chi connectivity index (χ0n) is 57.1. The minimum absolute atomic E-state index is 0.00455. The number of likely N-dealkylation sites (tertiary alicyclic amines) is 1. The van der Waals surface area contributed by atoms with Crippen molar-refractivity contribution in [2.75, 3.05) is 38.5 Å². The van der Waals surface area contributed by atoms with Crippen molar-refractivity contribution in [3.63, 3.8) is 0 Å². The molecular weight excluding hydrogens is 1310 g/mol. The van der Waals surface area contributed by atoms with Gasteiger partial charge in [0.05, 0.1) is 50.5 Å². The molecule has 1 aromatic heterocycles. The number of methoxy groups -OCH3 is 3. The minimum atomic E-state index is -4.60. The van der Waals surface area contributed by atoms with Crippen molar-refractivity contribution in [2.45, 2.75) is 181 Å². The highest BCUT2D eigenvalue weighted by molar-refractivity contribution is 7.90. The summed E-state index contributed by atoms with van der Waals surface area (Å²) in [6.45, 7) is 12.5. The Morgan fingerprint density at radius 3 is 1.61 bits per heavy atom. The van der Waals surface area contributed by atoms with Crippen molar-refractivity contribution >= 4 is 89.9 Å². The van der Waals surface area contributed by atoms with E-state index in [0.717, 1.165) is 69.8 Å². The molecule has 534 valence electrons. The summed E-state index contributed by atoms with van der Waals surface area (Å²) in [5.74, 6) is -3.50. The number of pyridine rings is 1. The number of sulfonamides is 2. The molecule has 5 aromatic rings. The number of anilines is 2. The summed E-state index contributed by atoms with van der Waals surface area (Å²) < 4.78 is 84.5. The SMILES string of the molecule is C=C[C@@H]1C[C@]1(N)C(=O)NS(=O)(=O)c1ccccc1NC(=O)CCCCCCCCC(=O)OC.C=C[C@@H]1C[C@]1(NC(=O)[C@@H]1C[C@@H](Oc2cc(-c3ccccc3)nc3cc(OC)ccc23)CN1C(=O)OC(C)(C)C)C(=O)NS(=O)(=O)c1ccccc1NC(=O)CCCCCCCCC(=O)OC. The van der Waals surface area contributed by atoms with E-state index in [1.807, 2.05) is 41.1 Å². The van der Waals surface area contributed by atoms with Crippen molar-refractivity contribution in [3.8, 4) is 22.8 Å². The third kappa shape index (κ3) is 21.6. The molecule has 6 atom stereocenters. The van der Waals surface area contributed by atoms with Crippen LogP contribution in [0.5, 0.6) is 11.5 Å². The largest absolute Gasteiger partial charge is 0.497 e. The number of ether oxygens (including phenoxy) is 5. The molecule has 8 rings (SSSR count). The fourth-order valence-electron chi connectivity index (χ4n) is 11.5. The molecule has 3 fully saturated rings. The number of hydrogen-bond donors (Lipinski definition) is 6. The van der Waals surface area contributed by atoms with Gasteiger partial charge in [-0.2, -0.15) is 0 Å². The summed E-state index contributed by atoms with van der Waals surface area (Å²) >= 11 is 0. The van der Waals surface area contributed by atoms with Crippen LogP contribution in [0, 0.1) is 11.8 Å². The van der Waals surface area contributed by atoms with Gasteiger partial charge in [0.2, 0.25) is 17.7 Å².